The fourth-order valence-electron chi connectivity index (χ4n) is 1.77. The highest BCUT2D eigenvalue weighted by Gasteiger charge is 2.17. The lowest BCUT2D eigenvalue weighted by molar-refractivity contribution is 0.251. The van der Waals surface area contributed by atoms with Gasteiger partial charge in [-0.3, -0.25) is 10.4 Å². The van der Waals surface area contributed by atoms with E-state index in [1.165, 1.54) is 0 Å². The number of nitrogens with one attached hydrogen (secondary N) is 3. The first-order valence-corrected chi connectivity index (χ1v) is 6.74. The van der Waals surface area contributed by atoms with E-state index in [0.29, 0.717) is 11.4 Å². The van der Waals surface area contributed by atoms with E-state index < -0.39 is 0 Å². The van der Waals surface area contributed by atoms with Gasteiger partial charge >= 0.3 is 6.03 Å². The van der Waals surface area contributed by atoms with Crippen LogP contribution in [-0.4, -0.2) is 21.3 Å². The number of carbonyl (C=O) groups excluding carboxylic acids is 1. The molecule has 1 aromatic heterocycles. The topological polar surface area (TPSA) is 90.0 Å². The number of benzene rings is 1. The maximum Gasteiger partial charge on any atom is 0.320 e. The third-order valence-electron chi connectivity index (χ3n) is 3.06. The number of hydrogen-bond donors (Lipinski definition) is 4. The van der Waals surface area contributed by atoms with E-state index >= 15 is 0 Å². The van der Waals surface area contributed by atoms with E-state index in [4.69, 9.17) is 0 Å². The van der Waals surface area contributed by atoms with Gasteiger partial charge in [0.25, 0.3) is 0 Å². The van der Waals surface area contributed by atoms with Crippen LogP contribution in [0.15, 0.2) is 30.3 Å². The highest BCUT2D eigenvalue weighted by molar-refractivity contribution is 5.88. The summed E-state index contributed by atoms with van der Waals surface area (Å²) in [5.41, 5.74) is 1.54. The fourth-order valence-corrected chi connectivity index (χ4v) is 1.77. The van der Waals surface area contributed by atoms with Crippen molar-refractivity contribution in [2.45, 2.75) is 32.7 Å². The zero-order valence-corrected chi connectivity index (χ0v) is 12.4. The van der Waals surface area contributed by atoms with Crippen molar-refractivity contribution < 1.29 is 9.90 Å². The summed E-state index contributed by atoms with van der Waals surface area (Å²) in [5.74, 6) is 0.627. The SMILES string of the molecule is CC(C)(C)c1cc(NC(=O)NCc2ccccc2O)n[nH]1. The number of aromatic nitrogens is 2. The molecule has 4 N–H and O–H groups in total. The van der Waals surface area contributed by atoms with Crippen LogP contribution in [0.2, 0.25) is 0 Å². The van der Waals surface area contributed by atoms with Gasteiger partial charge in [0.1, 0.15) is 5.75 Å². The van der Waals surface area contributed by atoms with Crippen LogP contribution in [0.3, 0.4) is 0 Å². The molecule has 1 heterocycles. The number of urea groups is 1. The van der Waals surface area contributed by atoms with Crippen molar-refractivity contribution in [1.29, 1.82) is 0 Å². The molecule has 0 saturated heterocycles. The molecule has 2 amide bonds. The number of para-hydroxylation sites is 1. The van der Waals surface area contributed by atoms with Crippen LogP contribution in [0.5, 0.6) is 5.75 Å². The zero-order valence-electron chi connectivity index (χ0n) is 12.4. The van der Waals surface area contributed by atoms with Crippen molar-refractivity contribution in [1.82, 2.24) is 15.5 Å². The Morgan fingerprint density at radius 2 is 2.05 bits per heavy atom. The summed E-state index contributed by atoms with van der Waals surface area (Å²) in [6.07, 6.45) is 0. The minimum atomic E-state index is -0.370. The Morgan fingerprint density at radius 1 is 1.33 bits per heavy atom. The van der Waals surface area contributed by atoms with Gasteiger partial charge in [0.15, 0.2) is 5.82 Å². The molecule has 21 heavy (non-hydrogen) atoms. The van der Waals surface area contributed by atoms with Gasteiger partial charge in [0.2, 0.25) is 0 Å². The van der Waals surface area contributed by atoms with Crippen LogP contribution in [0.4, 0.5) is 10.6 Å². The predicted molar refractivity (Wildman–Crippen MR) is 81.3 cm³/mol. The summed E-state index contributed by atoms with van der Waals surface area (Å²) in [6, 6.07) is 8.30. The molecule has 0 aliphatic rings. The highest BCUT2D eigenvalue weighted by Crippen LogP contribution is 2.21. The molecule has 6 heteroatoms. The van der Waals surface area contributed by atoms with Gasteiger partial charge in [0, 0.05) is 29.3 Å². The molecular weight excluding hydrogens is 268 g/mol. The van der Waals surface area contributed by atoms with E-state index in [1.807, 2.05) is 0 Å². The second-order valence-electron chi connectivity index (χ2n) is 5.85. The Bertz CT molecular complexity index is 629. The maximum atomic E-state index is 11.8. The number of aromatic hydroxyl groups is 1. The van der Waals surface area contributed by atoms with E-state index in [0.717, 1.165) is 5.69 Å². The van der Waals surface area contributed by atoms with Gasteiger partial charge in [-0.2, -0.15) is 5.10 Å². The molecule has 0 bridgehead atoms. The highest BCUT2D eigenvalue weighted by atomic mass is 16.3. The average Bonchev–Trinajstić information content (AvgIpc) is 2.86. The Labute approximate surface area is 123 Å². The Hall–Kier alpha value is -2.50. The fraction of sp³-hybridized carbons (Fsp3) is 0.333. The third-order valence-corrected chi connectivity index (χ3v) is 3.06. The van der Waals surface area contributed by atoms with Crippen molar-refractivity contribution in [3.8, 4) is 5.75 Å². The number of H-pyrrole nitrogens is 1. The molecule has 0 unspecified atom stereocenters. The summed E-state index contributed by atoms with van der Waals surface area (Å²) in [5, 5.41) is 21.9. The summed E-state index contributed by atoms with van der Waals surface area (Å²) >= 11 is 0. The number of carbonyl (C=O) groups is 1. The molecule has 0 radical (unpaired) electrons. The molecule has 0 aliphatic carbocycles. The van der Waals surface area contributed by atoms with E-state index in [9.17, 15) is 9.90 Å². The van der Waals surface area contributed by atoms with Gasteiger partial charge in [0.05, 0.1) is 0 Å². The Balaban J connectivity index is 1.90. The number of nitrogens with zero attached hydrogens (tertiary/aromatic N) is 1. The number of amides is 2. The van der Waals surface area contributed by atoms with Gasteiger partial charge in [-0.05, 0) is 6.07 Å². The van der Waals surface area contributed by atoms with Gasteiger partial charge < -0.3 is 10.4 Å². The van der Waals surface area contributed by atoms with Gasteiger partial charge in [-0.15, -0.1) is 0 Å². The average molecular weight is 288 g/mol. The van der Waals surface area contributed by atoms with E-state index in [-0.39, 0.29) is 23.7 Å². The van der Waals surface area contributed by atoms with Crippen LogP contribution < -0.4 is 10.6 Å². The number of rotatable bonds is 3. The van der Waals surface area contributed by atoms with Crippen molar-refractivity contribution >= 4 is 11.8 Å². The summed E-state index contributed by atoms with van der Waals surface area (Å²) in [6.45, 7) is 6.42. The molecule has 0 aliphatic heterocycles. The predicted octanol–water partition coefficient (Wildman–Crippen LogP) is 2.73. The molecule has 2 aromatic rings. The van der Waals surface area contributed by atoms with Crippen molar-refractivity contribution in [2.75, 3.05) is 5.32 Å². The van der Waals surface area contributed by atoms with Crippen molar-refractivity contribution in [2.24, 2.45) is 0 Å². The number of phenols is 1. The number of aromatic amines is 1. The van der Waals surface area contributed by atoms with Crippen molar-refractivity contribution in [3.05, 3.63) is 41.6 Å². The summed E-state index contributed by atoms with van der Waals surface area (Å²) in [4.78, 5) is 11.8. The van der Waals surface area contributed by atoms with Crippen LogP contribution in [0.25, 0.3) is 0 Å². The first-order chi connectivity index (χ1) is 9.86. The number of phenolic OH excluding ortho intramolecular Hbond substituents is 1. The zero-order chi connectivity index (χ0) is 15.5. The van der Waals surface area contributed by atoms with E-state index in [2.05, 4.69) is 41.6 Å². The largest absolute Gasteiger partial charge is 0.508 e. The Kier molecular flexibility index (Phi) is 4.16. The second-order valence-corrected chi connectivity index (χ2v) is 5.85. The molecule has 0 saturated carbocycles. The summed E-state index contributed by atoms with van der Waals surface area (Å²) in [7, 11) is 0. The molecule has 0 atom stereocenters. The molecule has 1 aromatic carbocycles. The molecule has 6 nitrogen and oxygen atoms in total. The van der Waals surface area contributed by atoms with Crippen LogP contribution >= 0.6 is 0 Å². The lowest BCUT2D eigenvalue weighted by Gasteiger charge is -2.14. The molecule has 112 valence electrons. The smallest absolute Gasteiger partial charge is 0.320 e. The quantitative estimate of drug-likeness (QED) is 0.700. The minimum Gasteiger partial charge on any atom is -0.508 e. The number of anilines is 1. The maximum absolute atomic E-state index is 11.8. The standard InChI is InChI=1S/C15H20N4O2/c1-15(2,3)12-8-13(19-18-12)17-14(21)16-9-10-6-4-5-7-11(10)20/h4-8,20H,9H2,1-3H3,(H3,16,17,18,19,21). The van der Waals surface area contributed by atoms with Gasteiger partial charge in [-0.25, -0.2) is 4.79 Å². The number of hydrogen-bond acceptors (Lipinski definition) is 3. The monoisotopic (exact) mass is 288 g/mol. The first kappa shape index (κ1) is 14.9. The molecular formula is C15H20N4O2. The normalized spacial score (nSPS) is 11.2. The van der Waals surface area contributed by atoms with Crippen molar-refractivity contribution in [3.63, 3.8) is 0 Å². The molecule has 0 fully saturated rings. The molecule has 0 spiro atoms. The lowest BCUT2D eigenvalue weighted by atomic mass is 9.92. The Morgan fingerprint density at radius 3 is 2.67 bits per heavy atom. The van der Waals surface area contributed by atoms with E-state index in [1.54, 1.807) is 30.3 Å². The minimum absolute atomic E-state index is 0.0563. The molecule has 2 rings (SSSR count). The van der Waals surface area contributed by atoms with Gasteiger partial charge in [-0.1, -0.05) is 39.0 Å². The van der Waals surface area contributed by atoms with Crippen LogP contribution in [0.1, 0.15) is 32.0 Å². The lowest BCUT2D eigenvalue weighted by Crippen LogP contribution is -2.28. The summed E-state index contributed by atoms with van der Waals surface area (Å²) < 4.78 is 0. The van der Waals surface area contributed by atoms with Crippen LogP contribution in [-0.2, 0) is 12.0 Å². The second kappa shape index (κ2) is 5.87. The van der Waals surface area contributed by atoms with Crippen LogP contribution in [0, 0.1) is 0 Å². The first-order valence-electron chi connectivity index (χ1n) is 6.74. The third kappa shape index (κ3) is 3.98.